The standard InChI is InChI=1S/C18H11ClF4O2/c19-16(20)17(24)25-15(18(21,22)23)14-12-7-3-1-5-10(12)9-11-6-2-4-8-13(11)14/h1-9,15-16H/t15-,16+/m1/s1. The summed E-state index contributed by atoms with van der Waals surface area (Å²) in [7, 11) is 0. The Hall–Kier alpha value is -2.34. The molecule has 2 atom stereocenters. The summed E-state index contributed by atoms with van der Waals surface area (Å²) in [5.41, 5.74) is -2.92. The van der Waals surface area contributed by atoms with Crippen molar-refractivity contribution in [2.45, 2.75) is 17.9 Å². The maximum atomic E-state index is 13.6. The molecule has 3 rings (SSSR count). The van der Waals surface area contributed by atoms with Crippen molar-refractivity contribution in [3.05, 3.63) is 60.2 Å². The maximum absolute atomic E-state index is 13.6. The van der Waals surface area contributed by atoms with Crippen LogP contribution in [0.4, 0.5) is 17.6 Å². The van der Waals surface area contributed by atoms with Crippen LogP contribution in [0.25, 0.3) is 21.5 Å². The van der Waals surface area contributed by atoms with E-state index >= 15 is 0 Å². The Kier molecular flexibility index (Phi) is 4.56. The number of hydrogen-bond acceptors (Lipinski definition) is 2. The number of hydrogen-bond donors (Lipinski definition) is 0. The van der Waals surface area contributed by atoms with Crippen molar-refractivity contribution in [3.63, 3.8) is 0 Å². The second-order valence-electron chi connectivity index (χ2n) is 5.39. The van der Waals surface area contributed by atoms with Crippen molar-refractivity contribution in [1.29, 1.82) is 0 Å². The van der Waals surface area contributed by atoms with Crippen LogP contribution in [0, 0.1) is 0 Å². The summed E-state index contributed by atoms with van der Waals surface area (Å²) in [6.45, 7) is 0. The van der Waals surface area contributed by atoms with Gasteiger partial charge in [-0.15, -0.1) is 0 Å². The minimum absolute atomic E-state index is 0.244. The first kappa shape index (κ1) is 17.5. The molecule has 0 saturated heterocycles. The van der Waals surface area contributed by atoms with Crippen LogP contribution in [0.1, 0.15) is 11.7 Å². The van der Waals surface area contributed by atoms with Gasteiger partial charge in [-0.25, -0.2) is 9.18 Å². The zero-order valence-corrected chi connectivity index (χ0v) is 13.3. The fourth-order valence-electron chi connectivity index (χ4n) is 2.79. The van der Waals surface area contributed by atoms with Gasteiger partial charge in [0.15, 0.2) is 0 Å². The van der Waals surface area contributed by atoms with Gasteiger partial charge in [0.05, 0.1) is 0 Å². The quantitative estimate of drug-likeness (QED) is 0.257. The SMILES string of the molecule is O=C(O[C@H](c1c2ccccc2cc2ccccc12)C(F)(F)F)[C@H](F)Cl. The molecule has 0 amide bonds. The first-order valence-electron chi connectivity index (χ1n) is 7.25. The van der Waals surface area contributed by atoms with Crippen molar-refractivity contribution in [3.8, 4) is 0 Å². The minimum Gasteiger partial charge on any atom is -0.445 e. The largest absolute Gasteiger partial charge is 0.445 e. The summed E-state index contributed by atoms with van der Waals surface area (Å²) in [5, 5.41) is 1.62. The number of fused-ring (bicyclic) bond motifs is 2. The number of carbonyl (C=O) groups excluding carboxylic acids is 1. The third kappa shape index (κ3) is 3.39. The van der Waals surface area contributed by atoms with E-state index in [0.29, 0.717) is 10.8 Å². The molecule has 3 aromatic rings. The third-order valence-corrected chi connectivity index (χ3v) is 3.96. The van der Waals surface area contributed by atoms with E-state index in [9.17, 15) is 22.4 Å². The summed E-state index contributed by atoms with van der Waals surface area (Å²) >= 11 is 4.94. The summed E-state index contributed by atoms with van der Waals surface area (Å²) < 4.78 is 58.2. The molecule has 7 heteroatoms. The molecule has 0 fully saturated rings. The van der Waals surface area contributed by atoms with E-state index in [-0.39, 0.29) is 16.3 Å². The third-order valence-electron chi connectivity index (χ3n) is 3.78. The number of ether oxygens (including phenoxy) is 1. The molecular weight excluding hydrogens is 360 g/mol. The fraction of sp³-hybridized carbons (Fsp3) is 0.167. The molecular formula is C18H11ClF4O2. The van der Waals surface area contributed by atoms with Gasteiger partial charge in [-0.3, -0.25) is 0 Å². The molecule has 0 aliphatic heterocycles. The zero-order valence-electron chi connectivity index (χ0n) is 12.6. The van der Waals surface area contributed by atoms with E-state index in [1.54, 1.807) is 42.5 Å². The number of benzene rings is 3. The smallest absolute Gasteiger partial charge is 0.429 e. The number of rotatable bonds is 3. The molecule has 0 bridgehead atoms. The van der Waals surface area contributed by atoms with E-state index in [0.717, 1.165) is 0 Å². The predicted molar refractivity (Wildman–Crippen MR) is 87.1 cm³/mol. The lowest BCUT2D eigenvalue weighted by molar-refractivity contribution is -0.224. The summed E-state index contributed by atoms with van der Waals surface area (Å²) in [6.07, 6.45) is -7.57. The molecule has 0 saturated carbocycles. The number of carbonyl (C=O) groups is 1. The van der Waals surface area contributed by atoms with Crippen molar-refractivity contribution in [2.75, 3.05) is 0 Å². The number of esters is 1. The van der Waals surface area contributed by atoms with Gasteiger partial charge < -0.3 is 4.74 Å². The Morgan fingerprint density at radius 1 is 0.960 bits per heavy atom. The Balaban J connectivity index is 2.33. The van der Waals surface area contributed by atoms with Gasteiger partial charge in [0.2, 0.25) is 6.10 Å². The Labute approximate surface area is 144 Å². The van der Waals surface area contributed by atoms with E-state index in [2.05, 4.69) is 4.74 Å². The normalized spacial score (nSPS) is 14.4. The Morgan fingerprint density at radius 3 is 1.88 bits per heavy atom. The lowest BCUT2D eigenvalue weighted by Crippen LogP contribution is -2.28. The van der Waals surface area contributed by atoms with Crippen molar-refractivity contribution < 1.29 is 27.1 Å². The second-order valence-corrected chi connectivity index (χ2v) is 5.77. The van der Waals surface area contributed by atoms with Crippen LogP contribution in [-0.2, 0) is 9.53 Å². The lowest BCUT2D eigenvalue weighted by atomic mass is 9.93. The van der Waals surface area contributed by atoms with Gasteiger partial charge in [-0.2, -0.15) is 13.2 Å². The molecule has 2 nitrogen and oxygen atoms in total. The minimum atomic E-state index is -4.94. The molecule has 0 aliphatic rings. The molecule has 0 spiro atoms. The van der Waals surface area contributed by atoms with Crippen LogP contribution in [-0.4, -0.2) is 17.8 Å². The Bertz CT molecular complexity index is 883. The molecule has 0 radical (unpaired) electrons. The van der Waals surface area contributed by atoms with E-state index in [4.69, 9.17) is 11.6 Å². The fourth-order valence-corrected chi connectivity index (χ4v) is 2.84. The average molecular weight is 371 g/mol. The first-order chi connectivity index (χ1) is 11.8. The van der Waals surface area contributed by atoms with E-state index in [1.807, 2.05) is 0 Å². The highest BCUT2D eigenvalue weighted by Crippen LogP contribution is 2.43. The average Bonchev–Trinajstić information content (AvgIpc) is 2.56. The van der Waals surface area contributed by atoms with Crippen molar-refractivity contribution in [2.24, 2.45) is 0 Å². The summed E-state index contributed by atoms with van der Waals surface area (Å²) in [6, 6.07) is 14.6. The summed E-state index contributed by atoms with van der Waals surface area (Å²) in [5.74, 6) is -1.78. The van der Waals surface area contributed by atoms with E-state index < -0.39 is 23.9 Å². The van der Waals surface area contributed by atoms with Crippen LogP contribution in [0.5, 0.6) is 0 Å². The van der Waals surface area contributed by atoms with Crippen molar-refractivity contribution in [1.82, 2.24) is 0 Å². The highest BCUT2D eigenvalue weighted by molar-refractivity contribution is 6.28. The Morgan fingerprint density at radius 2 is 1.44 bits per heavy atom. The van der Waals surface area contributed by atoms with Crippen LogP contribution in [0.2, 0.25) is 0 Å². The van der Waals surface area contributed by atoms with Gasteiger partial charge in [0.1, 0.15) is 0 Å². The predicted octanol–water partition coefficient (Wildman–Crippen LogP) is 5.67. The monoisotopic (exact) mass is 370 g/mol. The van der Waals surface area contributed by atoms with Gasteiger partial charge in [-0.05, 0) is 27.6 Å². The highest BCUT2D eigenvalue weighted by Gasteiger charge is 2.46. The van der Waals surface area contributed by atoms with Gasteiger partial charge >= 0.3 is 12.1 Å². The second kappa shape index (κ2) is 6.52. The molecule has 0 unspecified atom stereocenters. The zero-order chi connectivity index (χ0) is 18.2. The van der Waals surface area contributed by atoms with Crippen molar-refractivity contribution >= 4 is 39.1 Å². The molecule has 0 N–H and O–H groups in total. The number of alkyl halides is 5. The maximum Gasteiger partial charge on any atom is 0.429 e. The van der Waals surface area contributed by atoms with Gasteiger partial charge in [0.25, 0.3) is 5.63 Å². The van der Waals surface area contributed by atoms with Crippen LogP contribution in [0.3, 0.4) is 0 Å². The molecule has 0 aromatic heterocycles. The van der Waals surface area contributed by atoms with Gasteiger partial charge in [0, 0.05) is 5.56 Å². The molecule has 0 heterocycles. The first-order valence-corrected chi connectivity index (χ1v) is 7.68. The van der Waals surface area contributed by atoms with Crippen LogP contribution < -0.4 is 0 Å². The lowest BCUT2D eigenvalue weighted by Gasteiger charge is -2.24. The molecule has 3 aromatic carbocycles. The number of halogens is 5. The highest BCUT2D eigenvalue weighted by atomic mass is 35.5. The summed E-state index contributed by atoms with van der Waals surface area (Å²) in [4.78, 5) is 11.4. The topological polar surface area (TPSA) is 26.3 Å². The van der Waals surface area contributed by atoms with Crippen LogP contribution >= 0.6 is 11.6 Å². The molecule has 130 valence electrons. The molecule has 0 aliphatic carbocycles. The van der Waals surface area contributed by atoms with Gasteiger partial charge in [-0.1, -0.05) is 60.1 Å². The molecule has 25 heavy (non-hydrogen) atoms. The van der Waals surface area contributed by atoms with Crippen LogP contribution in [0.15, 0.2) is 54.6 Å². The van der Waals surface area contributed by atoms with E-state index in [1.165, 1.54) is 12.1 Å².